The fourth-order valence-corrected chi connectivity index (χ4v) is 2.54. The third kappa shape index (κ3) is 3.69. The van der Waals surface area contributed by atoms with Crippen molar-refractivity contribution in [1.29, 1.82) is 0 Å². The number of aliphatic hydroxyl groups is 1. The highest BCUT2D eigenvalue weighted by Gasteiger charge is 2.24. The van der Waals surface area contributed by atoms with Gasteiger partial charge in [0.15, 0.2) is 0 Å². The van der Waals surface area contributed by atoms with Gasteiger partial charge >= 0.3 is 0 Å². The second-order valence-corrected chi connectivity index (χ2v) is 5.54. The number of β-amino-alcohol motifs (C(OH)–C–C–N with tert-alkyl or cyclic N) is 1. The molecule has 0 aromatic heterocycles. The van der Waals surface area contributed by atoms with E-state index in [2.05, 4.69) is 23.6 Å². The van der Waals surface area contributed by atoms with Crippen LogP contribution in [0.2, 0.25) is 5.02 Å². The molecule has 3 unspecified atom stereocenters. The van der Waals surface area contributed by atoms with E-state index < -0.39 is 0 Å². The van der Waals surface area contributed by atoms with E-state index in [-0.39, 0.29) is 6.10 Å². The highest BCUT2D eigenvalue weighted by molar-refractivity contribution is 6.30. The van der Waals surface area contributed by atoms with E-state index >= 15 is 0 Å². The van der Waals surface area contributed by atoms with E-state index in [9.17, 15) is 5.11 Å². The molecule has 1 fully saturated rings. The van der Waals surface area contributed by atoms with Crippen molar-refractivity contribution in [3.8, 4) is 0 Å². The Kier molecular flexibility index (Phi) is 5.01. The Bertz CT molecular complexity index is 386. The van der Waals surface area contributed by atoms with Crippen molar-refractivity contribution in [2.24, 2.45) is 5.92 Å². The molecular weight excluding hydrogens is 248 g/mol. The summed E-state index contributed by atoms with van der Waals surface area (Å²) in [6.07, 6.45) is -0.209. The van der Waals surface area contributed by atoms with Crippen LogP contribution in [0.4, 0.5) is 0 Å². The molecule has 1 aromatic carbocycles. The van der Waals surface area contributed by atoms with Gasteiger partial charge in [-0.25, -0.2) is 0 Å². The SMILES string of the molecule is CC(CNCC1CNCC1O)c1cccc(Cl)c1. The summed E-state index contributed by atoms with van der Waals surface area (Å²) in [5, 5.41) is 17.1. The minimum Gasteiger partial charge on any atom is -0.391 e. The average molecular weight is 269 g/mol. The van der Waals surface area contributed by atoms with Crippen molar-refractivity contribution in [3.63, 3.8) is 0 Å². The van der Waals surface area contributed by atoms with Gasteiger partial charge in [-0.15, -0.1) is 0 Å². The molecule has 1 aromatic rings. The van der Waals surface area contributed by atoms with Gasteiger partial charge in [-0.05, 0) is 23.6 Å². The number of halogens is 1. The van der Waals surface area contributed by atoms with E-state index in [1.807, 2.05) is 18.2 Å². The number of nitrogens with one attached hydrogen (secondary N) is 2. The summed E-state index contributed by atoms with van der Waals surface area (Å²) in [6.45, 7) is 5.57. The van der Waals surface area contributed by atoms with Gasteiger partial charge in [0.1, 0.15) is 0 Å². The van der Waals surface area contributed by atoms with E-state index in [1.165, 1.54) is 5.56 Å². The summed E-state index contributed by atoms with van der Waals surface area (Å²) >= 11 is 5.98. The minimum atomic E-state index is -0.209. The number of aliphatic hydroxyl groups excluding tert-OH is 1. The zero-order valence-electron chi connectivity index (χ0n) is 10.7. The number of hydrogen-bond acceptors (Lipinski definition) is 3. The normalized spacial score (nSPS) is 25.3. The first-order valence-corrected chi connectivity index (χ1v) is 6.89. The lowest BCUT2D eigenvalue weighted by atomic mass is 10.0. The first-order valence-electron chi connectivity index (χ1n) is 6.52. The summed E-state index contributed by atoms with van der Waals surface area (Å²) < 4.78 is 0. The predicted octanol–water partition coefficient (Wildman–Crippen LogP) is 1.61. The summed E-state index contributed by atoms with van der Waals surface area (Å²) in [7, 11) is 0. The zero-order chi connectivity index (χ0) is 13.0. The van der Waals surface area contributed by atoms with Crippen molar-refractivity contribution in [2.45, 2.75) is 18.9 Å². The molecule has 4 heteroatoms. The quantitative estimate of drug-likeness (QED) is 0.760. The minimum absolute atomic E-state index is 0.209. The molecule has 0 bridgehead atoms. The van der Waals surface area contributed by atoms with Crippen molar-refractivity contribution >= 4 is 11.6 Å². The fourth-order valence-electron chi connectivity index (χ4n) is 2.34. The summed E-state index contributed by atoms with van der Waals surface area (Å²) in [5.41, 5.74) is 1.25. The van der Waals surface area contributed by atoms with Crippen LogP contribution in [0.1, 0.15) is 18.4 Å². The largest absolute Gasteiger partial charge is 0.391 e. The van der Waals surface area contributed by atoms with Gasteiger partial charge in [0.25, 0.3) is 0 Å². The predicted molar refractivity (Wildman–Crippen MR) is 75.1 cm³/mol. The average Bonchev–Trinajstić information content (AvgIpc) is 2.75. The Labute approximate surface area is 114 Å². The van der Waals surface area contributed by atoms with Crippen LogP contribution in [0.15, 0.2) is 24.3 Å². The van der Waals surface area contributed by atoms with Gasteiger partial charge in [-0.1, -0.05) is 30.7 Å². The lowest BCUT2D eigenvalue weighted by Crippen LogP contribution is -2.32. The van der Waals surface area contributed by atoms with Crippen LogP contribution in [-0.2, 0) is 0 Å². The van der Waals surface area contributed by atoms with Crippen LogP contribution in [-0.4, -0.2) is 37.4 Å². The molecule has 18 heavy (non-hydrogen) atoms. The molecule has 2 rings (SSSR count). The Morgan fingerprint density at radius 3 is 3.00 bits per heavy atom. The number of benzene rings is 1. The second-order valence-electron chi connectivity index (χ2n) is 5.10. The topological polar surface area (TPSA) is 44.3 Å². The van der Waals surface area contributed by atoms with Gasteiger partial charge in [-0.3, -0.25) is 0 Å². The highest BCUT2D eigenvalue weighted by Crippen LogP contribution is 2.18. The van der Waals surface area contributed by atoms with E-state index in [0.29, 0.717) is 11.8 Å². The maximum Gasteiger partial charge on any atom is 0.0716 e. The smallest absolute Gasteiger partial charge is 0.0716 e. The molecule has 1 heterocycles. The number of hydrogen-bond donors (Lipinski definition) is 3. The molecule has 1 saturated heterocycles. The van der Waals surface area contributed by atoms with Gasteiger partial charge in [0, 0.05) is 37.1 Å². The summed E-state index contributed by atoms with van der Waals surface area (Å²) in [6, 6.07) is 7.99. The van der Waals surface area contributed by atoms with Crippen molar-refractivity contribution in [1.82, 2.24) is 10.6 Å². The Balaban J connectivity index is 1.76. The lowest BCUT2D eigenvalue weighted by Gasteiger charge is -2.17. The van der Waals surface area contributed by atoms with Gasteiger partial charge in [0.2, 0.25) is 0 Å². The Hall–Kier alpha value is -0.610. The van der Waals surface area contributed by atoms with Gasteiger partial charge in [0.05, 0.1) is 6.10 Å². The van der Waals surface area contributed by atoms with Crippen LogP contribution >= 0.6 is 11.6 Å². The fraction of sp³-hybridized carbons (Fsp3) is 0.571. The molecule has 0 radical (unpaired) electrons. The second kappa shape index (κ2) is 6.53. The van der Waals surface area contributed by atoms with Gasteiger partial charge in [-0.2, -0.15) is 0 Å². The van der Waals surface area contributed by atoms with Crippen LogP contribution in [0.5, 0.6) is 0 Å². The maximum atomic E-state index is 9.69. The van der Waals surface area contributed by atoms with Crippen molar-refractivity contribution in [3.05, 3.63) is 34.9 Å². The maximum absolute atomic E-state index is 9.69. The highest BCUT2D eigenvalue weighted by atomic mass is 35.5. The van der Waals surface area contributed by atoms with Crippen LogP contribution in [0.3, 0.4) is 0 Å². The Morgan fingerprint density at radius 1 is 1.50 bits per heavy atom. The molecule has 1 aliphatic rings. The van der Waals surface area contributed by atoms with Crippen LogP contribution < -0.4 is 10.6 Å². The van der Waals surface area contributed by atoms with E-state index in [0.717, 1.165) is 31.2 Å². The van der Waals surface area contributed by atoms with Gasteiger partial charge < -0.3 is 15.7 Å². The first-order chi connectivity index (χ1) is 8.66. The van der Waals surface area contributed by atoms with Crippen molar-refractivity contribution in [2.75, 3.05) is 26.2 Å². The molecule has 0 aliphatic carbocycles. The third-order valence-corrected chi connectivity index (χ3v) is 3.81. The summed E-state index contributed by atoms with van der Waals surface area (Å²) in [5.74, 6) is 0.756. The summed E-state index contributed by atoms with van der Waals surface area (Å²) in [4.78, 5) is 0. The molecule has 100 valence electrons. The van der Waals surface area contributed by atoms with E-state index in [4.69, 9.17) is 11.6 Å². The molecule has 1 aliphatic heterocycles. The van der Waals surface area contributed by atoms with Crippen LogP contribution in [0, 0.1) is 5.92 Å². The van der Waals surface area contributed by atoms with E-state index in [1.54, 1.807) is 0 Å². The lowest BCUT2D eigenvalue weighted by molar-refractivity contribution is 0.146. The van der Waals surface area contributed by atoms with Crippen molar-refractivity contribution < 1.29 is 5.11 Å². The monoisotopic (exact) mass is 268 g/mol. The molecule has 0 spiro atoms. The zero-order valence-corrected chi connectivity index (χ0v) is 11.5. The standard InChI is InChI=1S/C14H21ClN2O/c1-10(11-3-2-4-13(15)5-11)6-16-7-12-8-17-9-14(12)18/h2-5,10,12,14,16-18H,6-9H2,1H3. The number of rotatable bonds is 5. The molecule has 3 N–H and O–H groups in total. The molecule has 0 saturated carbocycles. The Morgan fingerprint density at radius 2 is 2.33 bits per heavy atom. The molecular formula is C14H21ClN2O. The first kappa shape index (κ1) is 13.8. The molecule has 0 amide bonds. The third-order valence-electron chi connectivity index (χ3n) is 3.58. The molecule has 3 atom stereocenters. The molecule has 3 nitrogen and oxygen atoms in total. The van der Waals surface area contributed by atoms with Crippen LogP contribution in [0.25, 0.3) is 0 Å².